The summed E-state index contributed by atoms with van der Waals surface area (Å²) in [5.41, 5.74) is 0.291. The smallest absolute Gasteiger partial charge is 0.263 e. The maximum Gasteiger partial charge on any atom is 0.263 e. The lowest BCUT2D eigenvalue weighted by Crippen LogP contribution is -2.13. The Hall–Kier alpha value is -2.15. The normalized spacial score (nSPS) is 11.1. The molecule has 0 fully saturated rings. The Morgan fingerprint density at radius 3 is 2.32 bits per heavy atom. The van der Waals surface area contributed by atoms with Crippen LogP contribution in [-0.4, -0.2) is 20.4 Å². The predicted molar refractivity (Wildman–Crippen MR) is 71.0 cm³/mol. The van der Waals surface area contributed by atoms with Crippen molar-refractivity contribution < 1.29 is 12.8 Å². The molecular formula is C12H12FN3O2S. The van der Waals surface area contributed by atoms with Gasteiger partial charge in [0.05, 0.1) is 0 Å². The van der Waals surface area contributed by atoms with Gasteiger partial charge in [0.15, 0.2) is 0 Å². The third-order valence-corrected chi connectivity index (χ3v) is 3.77. The maximum absolute atomic E-state index is 12.7. The number of hydrogen-bond donors (Lipinski definition) is 2. The number of hydrogen-bond acceptors (Lipinski definition) is 4. The first-order chi connectivity index (χ1) is 9.01. The fourth-order valence-electron chi connectivity index (χ4n) is 1.42. The Kier molecular flexibility index (Phi) is 3.66. The van der Waals surface area contributed by atoms with Crippen LogP contribution in [0.2, 0.25) is 0 Å². The Morgan fingerprint density at radius 1 is 1.11 bits per heavy atom. The van der Waals surface area contributed by atoms with E-state index in [4.69, 9.17) is 0 Å². The zero-order valence-electron chi connectivity index (χ0n) is 10.1. The largest absolute Gasteiger partial charge is 0.373 e. The summed E-state index contributed by atoms with van der Waals surface area (Å²) in [7, 11) is -2.03. The molecular weight excluding hydrogens is 269 g/mol. The lowest BCUT2D eigenvalue weighted by Gasteiger charge is -2.08. The Labute approximate surface area is 110 Å². The molecule has 0 unspecified atom stereocenters. The van der Waals surface area contributed by atoms with Crippen LogP contribution in [-0.2, 0) is 10.0 Å². The van der Waals surface area contributed by atoms with Gasteiger partial charge in [-0.2, -0.15) is 0 Å². The van der Waals surface area contributed by atoms with E-state index in [9.17, 15) is 12.8 Å². The number of benzene rings is 1. The molecule has 0 aliphatic carbocycles. The molecule has 19 heavy (non-hydrogen) atoms. The molecule has 0 bridgehead atoms. The van der Waals surface area contributed by atoms with Gasteiger partial charge >= 0.3 is 0 Å². The van der Waals surface area contributed by atoms with E-state index in [0.717, 1.165) is 0 Å². The second kappa shape index (κ2) is 5.23. The van der Waals surface area contributed by atoms with E-state index >= 15 is 0 Å². The number of sulfonamides is 1. The molecule has 1 heterocycles. The standard InChI is InChI=1S/C12H12FN3O2S/c1-14-12-7-6-11(8-15-12)19(17,18)16-10-4-2-9(13)3-5-10/h2-8,16H,1H3,(H,14,15). The lowest BCUT2D eigenvalue weighted by molar-refractivity contribution is 0.600. The third-order valence-electron chi connectivity index (χ3n) is 2.40. The SMILES string of the molecule is CNc1ccc(S(=O)(=O)Nc2ccc(F)cc2)cn1. The van der Waals surface area contributed by atoms with Crippen LogP contribution in [0.1, 0.15) is 0 Å². The molecule has 0 aliphatic rings. The second-order valence-electron chi connectivity index (χ2n) is 3.74. The molecule has 2 rings (SSSR count). The molecule has 7 heteroatoms. The van der Waals surface area contributed by atoms with Gasteiger partial charge in [0.25, 0.3) is 10.0 Å². The fraction of sp³-hybridized carbons (Fsp3) is 0.0833. The van der Waals surface area contributed by atoms with Crippen LogP contribution in [0.3, 0.4) is 0 Å². The van der Waals surface area contributed by atoms with Gasteiger partial charge in [-0.25, -0.2) is 17.8 Å². The van der Waals surface area contributed by atoms with Crippen molar-refractivity contribution in [2.45, 2.75) is 4.90 Å². The molecule has 5 nitrogen and oxygen atoms in total. The van der Waals surface area contributed by atoms with Crippen molar-refractivity contribution in [1.29, 1.82) is 0 Å². The number of nitrogens with one attached hydrogen (secondary N) is 2. The molecule has 2 aromatic rings. The molecule has 0 saturated carbocycles. The molecule has 0 amide bonds. The summed E-state index contributed by atoms with van der Waals surface area (Å²) in [5.74, 6) is 0.142. The minimum Gasteiger partial charge on any atom is -0.373 e. The van der Waals surface area contributed by atoms with E-state index in [2.05, 4.69) is 15.0 Å². The number of pyridine rings is 1. The zero-order chi connectivity index (χ0) is 13.9. The monoisotopic (exact) mass is 281 g/mol. The second-order valence-corrected chi connectivity index (χ2v) is 5.42. The van der Waals surface area contributed by atoms with Crippen LogP contribution >= 0.6 is 0 Å². The van der Waals surface area contributed by atoms with Gasteiger partial charge in [-0.15, -0.1) is 0 Å². The summed E-state index contributed by atoms with van der Waals surface area (Å²) >= 11 is 0. The van der Waals surface area contributed by atoms with Crippen LogP contribution < -0.4 is 10.0 Å². The van der Waals surface area contributed by atoms with Crippen LogP contribution in [0, 0.1) is 5.82 Å². The number of aromatic nitrogens is 1. The van der Waals surface area contributed by atoms with Crippen molar-refractivity contribution in [3.05, 3.63) is 48.4 Å². The number of anilines is 2. The molecule has 0 radical (unpaired) electrons. The van der Waals surface area contributed by atoms with Crippen molar-refractivity contribution in [3.63, 3.8) is 0 Å². The summed E-state index contributed by atoms with van der Waals surface area (Å²) < 4.78 is 39.1. The summed E-state index contributed by atoms with van der Waals surface area (Å²) in [6, 6.07) is 8.05. The topological polar surface area (TPSA) is 71.1 Å². The van der Waals surface area contributed by atoms with E-state index in [0.29, 0.717) is 11.5 Å². The van der Waals surface area contributed by atoms with Crippen molar-refractivity contribution in [1.82, 2.24) is 4.98 Å². The first kappa shape index (κ1) is 13.3. The van der Waals surface area contributed by atoms with Crippen molar-refractivity contribution >= 4 is 21.5 Å². The van der Waals surface area contributed by atoms with Crippen LogP contribution in [0.15, 0.2) is 47.5 Å². The Bertz CT molecular complexity index is 654. The summed E-state index contributed by atoms with van der Waals surface area (Å²) in [6.07, 6.45) is 1.25. The summed E-state index contributed by atoms with van der Waals surface area (Å²) in [5, 5.41) is 2.79. The first-order valence-corrected chi connectivity index (χ1v) is 6.92. The van der Waals surface area contributed by atoms with Gasteiger partial charge in [0, 0.05) is 18.9 Å². The van der Waals surface area contributed by atoms with E-state index in [1.54, 1.807) is 13.1 Å². The van der Waals surface area contributed by atoms with E-state index in [1.165, 1.54) is 36.5 Å². The molecule has 0 atom stereocenters. The van der Waals surface area contributed by atoms with Crippen molar-refractivity contribution in [2.75, 3.05) is 17.1 Å². The van der Waals surface area contributed by atoms with E-state index in [1.807, 2.05) is 0 Å². The lowest BCUT2D eigenvalue weighted by atomic mass is 10.3. The minimum absolute atomic E-state index is 0.0378. The quantitative estimate of drug-likeness (QED) is 0.900. The number of rotatable bonds is 4. The first-order valence-electron chi connectivity index (χ1n) is 5.43. The zero-order valence-corrected chi connectivity index (χ0v) is 10.9. The molecule has 0 saturated heterocycles. The van der Waals surface area contributed by atoms with Crippen LogP contribution in [0.4, 0.5) is 15.9 Å². The molecule has 2 N–H and O–H groups in total. The van der Waals surface area contributed by atoms with E-state index < -0.39 is 15.8 Å². The van der Waals surface area contributed by atoms with Gasteiger partial charge in [-0.05, 0) is 36.4 Å². The van der Waals surface area contributed by atoms with Gasteiger partial charge in [-0.3, -0.25) is 4.72 Å². The van der Waals surface area contributed by atoms with Crippen LogP contribution in [0.25, 0.3) is 0 Å². The van der Waals surface area contributed by atoms with Gasteiger partial charge in [-0.1, -0.05) is 0 Å². The average molecular weight is 281 g/mol. The minimum atomic E-state index is -3.71. The maximum atomic E-state index is 12.7. The molecule has 1 aromatic carbocycles. The van der Waals surface area contributed by atoms with Gasteiger partial charge < -0.3 is 5.32 Å². The molecule has 1 aromatic heterocycles. The average Bonchev–Trinajstić information content (AvgIpc) is 2.41. The molecule has 0 aliphatic heterocycles. The summed E-state index contributed by atoms with van der Waals surface area (Å²) in [4.78, 5) is 3.97. The highest BCUT2D eigenvalue weighted by molar-refractivity contribution is 7.92. The molecule has 100 valence electrons. The number of nitrogens with zero attached hydrogens (tertiary/aromatic N) is 1. The highest BCUT2D eigenvalue weighted by Crippen LogP contribution is 2.16. The van der Waals surface area contributed by atoms with Gasteiger partial charge in [0.1, 0.15) is 16.5 Å². The van der Waals surface area contributed by atoms with Gasteiger partial charge in [0.2, 0.25) is 0 Å². The molecule has 0 spiro atoms. The fourth-order valence-corrected chi connectivity index (χ4v) is 2.42. The highest BCUT2D eigenvalue weighted by atomic mass is 32.2. The third kappa shape index (κ3) is 3.19. The Morgan fingerprint density at radius 2 is 1.79 bits per heavy atom. The van der Waals surface area contributed by atoms with Crippen molar-refractivity contribution in [2.24, 2.45) is 0 Å². The van der Waals surface area contributed by atoms with Crippen molar-refractivity contribution in [3.8, 4) is 0 Å². The predicted octanol–water partition coefficient (Wildman–Crippen LogP) is 2.06. The Balaban J connectivity index is 2.24. The summed E-state index contributed by atoms with van der Waals surface area (Å²) in [6.45, 7) is 0. The number of halogens is 1. The highest BCUT2D eigenvalue weighted by Gasteiger charge is 2.14. The van der Waals surface area contributed by atoms with E-state index in [-0.39, 0.29) is 4.90 Å². The van der Waals surface area contributed by atoms with Crippen LogP contribution in [0.5, 0.6) is 0 Å².